The number of thiophene rings is 1. The van der Waals surface area contributed by atoms with Crippen LogP contribution in [0.1, 0.15) is 18.9 Å². The van der Waals surface area contributed by atoms with E-state index in [9.17, 15) is 4.39 Å². The van der Waals surface area contributed by atoms with E-state index in [2.05, 4.69) is 42.5 Å². The lowest BCUT2D eigenvalue weighted by Crippen LogP contribution is -2.48. The van der Waals surface area contributed by atoms with Crippen LogP contribution in [0.4, 0.5) is 4.39 Å². The van der Waals surface area contributed by atoms with Crippen molar-refractivity contribution in [2.75, 3.05) is 19.6 Å². The first-order valence-electron chi connectivity index (χ1n) is 8.61. The number of piperidine rings is 3. The number of fused-ring (bicyclic) bond motifs is 3. The van der Waals surface area contributed by atoms with Crippen LogP contribution in [0.2, 0.25) is 0 Å². The monoisotopic (exact) mass is 355 g/mol. The summed E-state index contributed by atoms with van der Waals surface area (Å²) in [5, 5.41) is 10.9. The standard InChI is InChI=1S/C18H18FN5S/c19-18-2-1-13(8-20-18)14-7-17(25-11-14)15-9-24(22-21-15)16-10-23-5-3-12(16)4-6-23/h1-2,7-9,11-12,16H,3-6,10H2/t16-/m0/s1. The summed E-state index contributed by atoms with van der Waals surface area (Å²) in [5.74, 6) is 0.267. The average molecular weight is 355 g/mol. The van der Waals surface area contributed by atoms with Crippen molar-refractivity contribution in [1.82, 2.24) is 24.9 Å². The average Bonchev–Trinajstić information content (AvgIpc) is 3.33. The third-order valence-electron chi connectivity index (χ3n) is 5.38. The van der Waals surface area contributed by atoms with Crippen LogP contribution in [0, 0.1) is 11.9 Å². The lowest BCUT2D eigenvalue weighted by Gasteiger charge is -2.44. The van der Waals surface area contributed by atoms with Gasteiger partial charge in [0, 0.05) is 18.3 Å². The minimum absolute atomic E-state index is 0.449. The molecule has 0 aliphatic carbocycles. The molecule has 0 saturated carbocycles. The second-order valence-corrected chi connectivity index (χ2v) is 7.77. The molecule has 3 aliphatic heterocycles. The van der Waals surface area contributed by atoms with Gasteiger partial charge < -0.3 is 4.90 Å². The van der Waals surface area contributed by atoms with E-state index < -0.39 is 5.95 Å². The van der Waals surface area contributed by atoms with Crippen LogP contribution < -0.4 is 0 Å². The van der Waals surface area contributed by atoms with E-state index in [4.69, 9.17) is 0 Å². The summed E-state index contributed by atoms with van der Waals surface area (Å²) in [6.45, 7) is 3.54. The lowest BCUT2D eigenvalue weighted by molar-refractivity contribution is 0.0504. The molecule has 0 spiro atoms. The highest BCUT2D eigenvalue weighted by Crippen LogP contribution is 2.36. The highest BCUT2D eigenvalue weighted by molar-refractivity contribution is 7.14. The maximum absolute atomic E-state index is 13.0. The number of nitrogens with zero attached hydrogens (tertiary/aromatic N) is 5. The van der Waals surface area contributed by atoms with Crippen molar-refractivity contribution in [3.8, 4) is 21.7 Å². The van der Waals surface area contributed by atoms with Gasteiger partial charge in [-0.3, -0.25) is 0 Å². The molecule has 1 atom stereocenters. The Morgan fingerprint density at radius 2 is 2.04 bits per heavy atom. The number of aromatic nitrogens is 4. The van der Waals surface area contributed by atoms with Crippen LogP contribution in [0.15, 0.2) is 36.0 Å². The Kier molecular flexibility index (Phi) is 3.64. The summed E-state index contributed by atoms with van der Waals surface area (Å²) in [6, 6.07) is 5.66. The number of halogens is 1. The summed E-state index contributed by atoms with van der Waals surface area (Å²) in [6.07, 6.45) is 6.16. The summed E-state index contributed by atoms with van der Waals surface area (Å²) in [4.78, 5) is 7.33. The summed E-state index contributed by atoms with van der Waals surface area (Å²) in [5.41, 5.74) is 2.85. The van der Waals surface area contributed by atoms with Gasteiger partial charge in [-0.2, -0.15) is 4.39 Å². The molecule has 3 aromatic rings. The highest BCUT2D eigenvalue weighted by Gasteiger charge is 2.35. The molecule has 6 rings (SSSR count). The van der Waals surface area contributed by atoms with E-state index in [0.717, 1.165) is 34.2 Å². The first kappa shape index (κ1) is 15.2. The van der Waals surface area contributed by atoms with Gasteiger partial charge in [-0.15, -0.1) is 16.4 Å². The van der Waals surface area contributed by atoms with Gasteiger partial charge in [0.1, 0.15) is 5.69 Å². The van der Waals surface area contributed by atoms with Crippen LogP contribution >= 0.6 is 11.3 Å². The first-order chi connectivity index (χ1) is 12.3. The molecular formula is C18H18FN5S. The molecule has 3 fully saturated rings. The number of hydrogen-bond acceptors (Lipinski definition) is 5. The Morgan fingerprint density at radius 1 is 1.16 bits per heavy atom. The maximum Gasteiger partial charge on any atom is 0.212 e. The topological polar surface area (TPSA) is 46.8 Å². The van der Waals surface area contributed by atoms with Crippen molar-refractivity contribution in [2.45, 2.75) is 18.9 Å². The van der Waals surface area contributed by atoms with Crippen LogP contribution in [0.3, 0.4) is 0 Å². The van der Waals surface area contributed by atoms with Gasteiger partial charge in [0.05, 0.1) is 17.1 Å². The van der Waals surface area contributed by atoms with Crippen LogP contribution in [-0.4, -0.2) is 44.5 Å². The molecule has 3 aliphatic rings. The molecule has 7 heteroatoms. The van der Waals surface area contributed by atoms with E-state index in [1.165, 1.54) is 32.0 Å². The second-order valence-electron chi connectivity index (χ2n) is 6.86. The second kappa shape index (κ2) is 6.00. The number of pyridine rings is 1. The normalized spacial score (nSPS) is 25.4. The largest absolute Gasteiger partial charge is 0.301 e. The van der Waals surface area contributed by atoms with Crippen LogP contribution in [-0.2, 0) is 0 Å². The van der Waals surface area contributed by atoms with Crippen molar-refractivity contribution in [3.05, 3.63) is 41.9 Å². The van der Waals surface area contributed by atoms with Gasteiger partial charge in [-0.05, 0) is 61.0 Å². The molecule has 0 unspecified atom stereocenters. The molecular weight excluding hydrogens is 337 g/mol. The van der Waals surface area contributed by atoms with E-state index in [0.29, 0.717) is 6.04 Å². The zero-order valence-corrected chi connectivity index (χ0v) is 14.5. The third-order valence-corrected chi connectivity index (χ3v) is 6.34. The third kappa shape index (κ3) is 2.77. The van der Waals surface area contributed by atoms with Gasteiger partial charge in [-0.25, -0.2) is 9.67 Å². The van der Waals surface area contributed by atoms with Crippen LogP contribution in [0.25, 0.3) is 21.7 Å². The smallest absolute Gasteiger partial charge is 0.212 e. The van der Waals surface area contributed by atoms with Crippen molar-refractivity contribution in [1.29, 1.82) is 0 Å². The molecule has 5 nitrogen and oxygen atoms in total. The fourth-order valence-electron chi connectivity index (χ4n) is 3.95. The molecule has 6 heterocycles. The Morgan fingerprint density at radius 3 is 2.76 bits per heavy atom. The molecule has 25 heavy (non-hydrogen) atoms. The van der Waals surface area contributed by atoms with E-state index in [1.54, 1.807) is 23.6 Å². The van der Waals surface area contributed by atoms with Gasteiger partial charge >= 0.3 is 0 Å². The SMILES string of the molecule is Fc1ccc(-c2csc(-c3cn([C@H]4CN5CCC4CC5)nn3)c2)cn1. The van der Waals surface area contributed by atoms with Crippen molar-refractivity contribution in [3.63, 3.8) is 0 Å². The molecule has 0 N–H and O–H groups in total. The molecule has 2 bridgehead atoms. The number of hydrogen-bond donors (Lipinski definition) is 0. The Balaban J connectivity index is 1.40. The van der Waals surface area contributed by atoms with E-state index in [1.807, 2.05) is 0 Å². The zero-order chi connectivity index (χ0) is 16.8. The quantitative estimate of drug-likeness (QED) is 0.675. The molecule has 128 valence electrons. The number of rotatable bonds is 3. The molecule has 0 radical (unpaired) electrons. The predicted octanol–water partition coefficient (Wildman–Crippen LogP) is 3.47. The zero-order valence-electron chi connectivity index (χ0n) is 13.7. The Labute approximate surface area is 149 Å². The Hall–Kier alpha value is -2.12. The van der Waals surface area contributed by atoms with Gasteiger partial charge in [0.25, 0.3) is 0 Å². The van der Waals surface area contributed by atoms with Crippen molar-refractivity contribution in [2.24, 2.45) is 5.92 Å². The first-order valence-corrected chi connectivity index (χ1v) is 9.49. The molecule has 3 aromatic heterocycles. The van der Waals surface area contributed by atoms with Crippen LogP contribution in [0.5, 0.6) is 0 Å². The molecule has 0 amide bonds. The highest BCUT2D eigenvalue weighted by atomic mass is 32.1. The fraction of sp³-hybridized carbons (Fsp3) is 0.389. The van der Waals surface area contributed by atoms with Gasteiger partial charge in [0.2, 0.25) is 5.95 Å². The summed E-state index contributed by atoms with van der Waals surface area (Å²) in [7, 11) is 0. The summed E-state index contributed by atoms with van der Waals surface area (Å²) < 4.78 is 15.0. The van der Waals surface area contributed by atoms with Crippen molar-refractivity contribution < 1.29 is 4.39 Å². The lowest BCUT2D eigenvalue weighted by atomic mass is 9.84. The van der Waals surface area contributed by atoms with Crippen molar-refractivity contribution >= 4 is 11.3 Å². The minimum Gasteiger partial charge on any atom is -0.301 e. The predicted molar refractivity (Wildman–Crippen MR) is 94.7 cm³/mol. The van der Waals surface area contributed by atoms with E-state index in [-0.39, 0.29) is 0 Å². The summed E-state index contributed by atoms with van der Waals surface area (Å²) >= 11 is 1.63. The molecule has 3 saturated heterocycles. The Bertz CT molecular complexity index is 879. The van der Waals surface area contributed by atoms with Gasteiger partial charge in [0.15, 0.2) is 0 Å². The molecule has 0 aromatic carbocycles. The minimum atomic E-state index is -0.459. The maximum atomic E-state index is 13.0. The van der Waals surface area contributed by atoms with E-state index >= 15 is 0 Å². The fourth-order valence-corrected chi connectivity index (χ4v) is 4.82. The van der Waals surface area contributed by atoms with Gasteiger partial charge in [-0.1, -0.05) is 5.21 Å².